The van der Waals surface area contributed by atoms with Gasteiger partial charge in [0.15, 0.2) is 0 Å². The standard InChI is InChI=1S/C15H12N6O/c16-12-4-2-1-3-11(12)15-20-18-14(19-21-15)10-7-5-9(6-8-10)13(17)22/h1-8H,16H2,(H2,17,22). The Morgan fingerprint density at radius 3 is 2.00 bits per heavy atom. The van der Waals surface area contributed by atoms with Crippen LogP contribution in [0.3, 0.4) is 0 Å². The van der Waals surface area contributed by atoms with E-state index in [2.05, 4.69) is 20.4 Å². The van der Waals surface area contributed by atoms with Gasteiger partial charge in [0.25, 0.3) is 0 Å². The predicted octanol–water partition coefficient (Wildman–Crippen LogP) is 1.28. The minimum absolute atomic E-state index is 0.356. The van der Waals surface area contributed by atoms with Crippen LogP contribution in [0.25, 0.3) is 22.8 Å². The van der Waals surface area contributed by atoms with Crippen LogP contribution in [-0.4, -0.2) is 26.3 Å². The van der Waals surface area contributed by atoms with Gasteiger partial charge in [-0.05, 0) is 24.3 Å². The van der Waals surface area contributed by atoms with Gasteiger partial charge < -0.3 is 11.5 Å². The fourth-order valence-electron chi connectivity index (χ4n) is 1.94. The second kappa shape index (κ2) is 5.57. The van der Waals surface area contributed by atoms with Crippen LogP contribution in [0, 0.1) is 0 Å². The zero-order valence-electron chi connectivity index (χ0n) is 11.5. The Morgan fingerprint density at radius 1 is 0.818 bits per heavy atom. The molecule has 0 bridgehead atoms. The van der Waals surface area contributed by atoms with E-state index in [4.69, 9.17) is 11.5 Å². The molecule has 0 spiro atoms. The van der Waals surface area contributed by atoms with Crippen molar-refractivity contribution in [1.29, 1.82) is 0 Å². The summed E-state index contributed by atoms with van der Waals surface area (Å²) in [5.41, 5.74) is 13.4. The highest BCUT2D eigenvalue weighted by Crippen LogP contribution is 2.21. The van der Waals surface area contributed by atoms with Gasteiger partial charge >= 0.3 is 0 Å². The van der Waals surface area contributed by atoms with E-state index in [0.29, 0.717) is 34.0 Å². The quantitative estimate of drug-likeness (QED) is 0.701. The second-order valence-electron chi connectivity index (χ2n) is 4.58. The summed E-state index contributed by atoms with van der Waals surface area (Å²) in [4.78, 5) is 11.0. The van der Waals surface area contributed by atoms with Crippen LogP contribution in [-0.2, 0) is 0 Å². The first-order valence-corrected chi connectivity index (χ1v) is 6.47. The molecule has 7 heteroatoms. The third-order valence-electron chi connectivity index (χ3n) is 3.11. The van der Waals surface area contributed by atoms with Crippen LogP contribution in [0.4, 0.5) is 5.69 Å². The first kappa shape index (κ1) is 13.6. The first-order valence-electron chi connectivity index (χ1n) is 6.47. The van der Waals surface area contributed by atoms with Gasteiger partial charge in [-0.1, -0.05) is 24.3 Å². The van der Waals surface area contributed by atoms with Gasteiger partial charge in [-0.2, -0.15) is 0 Å². The molecule has 1 heterocycles. The van der Waals surface area contributed by atoms with E-state index in [-0.39, 0.29) is 0 Å². The van der Waals surface area contributed by atoms with Gasteiger partial charge in [-0.3, -0.25) is 4.79 Å². The summed E-state index contributed by atoms with van der Waals surface area (Å²) in [6, 6.07) is 13.8. The number of carbonyl (C=O) groups is 1. The molecule has 0 saturated carbocycles. The van der Waals surface area contributed by atoms with Gasteiger partial charge in [-0.15, -0.1) is 20.4 Å². The number of nitrogens with two attached hydrogens (primary N) is 2. The van der Waals surface area contributed by atoms with Crippen molar-refractivity contribution in [3.63, 3.8) is 0 Å². The highest BCUT2D eigenvalue weighted by atomic mass is 16.1. The predicted molar refractivity (Wildman–Crippen MR) is 81.4 cm³/mol. The lowest BCUT2D eigenvalue weighted by Gasteiger charge is -2.03. The minimum atomic E-state index is -0.487. The summed E-state index contributed by atoms with van der Waals surface area (Å²) in [5, 5.41) is 16.2. The van der Waals surface area contributed by atoms with Crippen molar-refractivity contribution in [2.24, 2.45) is 5.73 Å². The van der Waals surface area contributed by atoms with Crippen LogP contribution in [0.5, 0.6) is 0 Å². The maximum atomic E-state index is 11.0. The number of hydrogen-bond acceptors (Lipinski definition) is 6. The molecule has 3 aromatic rings. The van der Waals surface area contributed by atoms with Crippen LogP contribution < -0.4 is 11.5 Å². The Morgan fingerprint density at radius 2 is 1.41 bits per heavy atom. The van der Waals surface area contributed by atoms with Crippen molar-refractivity contribution >= 4 is 11.6 Å². The molecule has 0 aliphatic heterocycles. The Kier molecular flexibility index (Phi) is 3.45. The monoisotopic (exact) mass is 292 g/mol. The van der Waals surface area contributed by atoms with Gasteiger partial charge in [0.2, 0.25) is 17.6 Å². The zero-order valence-corrected chi connectivity index (χ0v) is 11.5. The molecule has 0 unspecified atom stereocenters. The number of rotatable bonds is 3. The van der Waals surface area contributed by atoms with Crippen molar-refractivity contribution in [2.75, 3.05) is 5.73 Å². The number of anilines is 1. The van der Waals surface area contributed by atoms with Crippen molar-refractivity contribution < 1.29 is 4.79 Å². The molecule has 0 radical (unpaired) electrons. The molecule has 7 nitrogen and oxygen atoms in total. The largest absolute Gasteiger partial charge is 0.398 e. The average Bonchev–Trinajstić information content (AvgIpc) is 2.56. The molecule has 0 aliphatic carbocycles. The molecule has 1 amide bonds. The van der Waals surface area contributed by atoms with Crippen molar-refractivity contribution in [3.8, 4) is 22.8 Å². The van der Waals surface area contributed by atoms with E-state index in [1.54, 1.807) is 36.4 Å². The molecular formula is C15H12N6O. The molecular weight excluding hydrogens is 280 g/mol. The Bertz CT molecular complexity index is 814. The van der Waals surface area contributed by atoms with Gasteiger partial charge in [-0.25, -0.2) is 0 Å². The number of amides is 1. The normalized spacial score (nSPS) is 10.4. The Hall–Kier alpha value is -3.35. The number of hydrogen-bond donors (Lipinski definition) is 2. The number of aromatic nitrogens is 4. The zero-order chi connectivity index (χ0) is 15.5. The molecule has 0 fully saturated rings. The van der Waals surface area contributed by atoms with E-state index in [9.17, 15) is 4.79 Å². The maximum Gasteiger partial charge on any atom is 0.248 e. The molecule has 0 saturated heterocycles. The number of nitrogen functional groups attached to an aromatic ring is 1. The fraction of sp³-hybridized carbons (Fsp3) is 0. The van der Waals surface area contributed by atoms with Gasteiger partial charge in [0, 0.05) is 22.4 Å². The van der Waals surface area contributed by atoms with E-state index < -0.39 is 5.91 Å². The third-order valence-corrected chi connectivity index (χ3v) is 3.11. The smallest absolute Gasteiger partial charge is 0.248 e. The number of primary amides is 1. The molecule has 1 aromatic heterocycles. The summed E-state index contributed by atoms with van der Waals surface area (Å²) in [7, 11) is 0. The summed E-state index contributed by atoms with van der Waals surface area (Å²) in [6.45, 7) is 0. The topological polar surface area (TPSA) is 121 Å². The van der Waals surface area contributed by atoms with Gasteiger partial charge in [0.1, 0.15) is 0 Å². The number of nitrogens with zero attached hydrogens (tertiary/aromatic N) is 4. The summed E-state index contributed by atoms with van der Waals surface area (Å²) in [5.74, 6) is 0.225. The lowest BCUT2D eigenvalue weighted by molar-refractivity contribution is 0.100. The lowest BCUT2D eigenvalue weighted by Crippen LogP contribution is -2.10. The number of benzene rings is 2. The third kappa shape index (κ3) is 2.59. The fourth-order valence-corrected chi connectivity index (χ4v) is 1.94. The minimum Gasteiger partial charge on any atom is -0.398 e. The van der Waals surface area contributed by atoms with Crippen LogP contribution in [0.1, 0.15) is 10.4 Å². The summed E-state index contributed by atoms with van der Waals surface area (Å²) < 4.78 is 0. The number of carbonyl (C=O) groups excluding carboxylic acids is 1. The molecule has 108 valence electrons. The van der Waals surface area contributed by atoms with Crippen molar-refractivity contribution in [1.82, 2.24) is 20.4 Å². The number of para-hydroxylation sites is 1. The summed E-state index contributed by atoms with van der Waals surface area (Å²) >= 11 is 0. The maximum absolute atomic E-state index is 11.0. The molecule has 4 N–H and O–H groups in total. The van der Waals surface area contributed by atoms with Crippen molar-refractivity contribution in [2.45, 2.75) is 0 Å². The van der Waals surface area contributed by atoms with Crippen LogP contribution in [0.2, 0.25) is 0 Å². The Labute approximate surface area is 126 Å². The van der Waals surface area contributed by atoms with Crippen LogP contribution >= 0.6 is 0 Å². The SMILES string of the molecule is NC(=O)c1ccc(-c2nnc(-c3ccccc3N)nn2)cc1. The van der Waals surface area contributed by atoms with E-state index in [0.717, 1.165) is 0 Å². The first-order chi connectivity index (χ1) is 10.6. The molecule has 0 aliphatic rings. The highest BCUT2D eigenvalue weighted by molar-refractivity contribution is 5.93. The summed E-state index contributed by atoms with van der Waals surface area (Å²) in [6.07, 6.45) is 0. The van der Waals surface area contributed by atoms with Crippen LogP contribution in [0.15, 0.2) is 48.5 Å². The molecule has 2 aromatic carbocycles. The molecule has 3 rings (SSSR count). The van der Waals surface area contributed by atoms with E-state index in [1.165, 1.54) is 0 Å². The van der Waals surface area contributed by atoms with Gasteiger partial charge in [0.05, 0.1) is 0 Å². The molecule has 22 heavy (non-hydrogen) atoms. The lowest BCUT2D eigenvalue weighted by atomic mass is 10.1. The van der Waals surface area contributed by atoms with E-state index >= 15 is 0 Å². The van der Waals surface area contributed by atoms with Crippen molar-refractivity contribution in [3.05, 3.63) is 54.1 Å². The second-order valence-corrected chi connectivity index (χ2v) is 4.58. The average molecular weight is 292 g/mol. The molecule has 0 atom stereocenters. The Balaban J connectivity index is 1.91. The highest BCUT2D eigenvalue weighted by Gasteiger charge is 2.09. The van der Waals surface area contributed by atoms with E-state index in [1.807, 2.05) is 12.1 Å².